The number of carbonyl (C=O) groups is 1. The summed E-state index contributed by atoms with van der Waals surface area (Å²) in [4.78, 5) is 26.6. The lowest BCUT2D eigenvalue weighted by Gasteiger charge is -2.23. The summed E-state index contributed by atoms with van der Waals surface area (Å²) >= 11 is 1.10. The number of nitrogen functional groups attached to an aromatic ring is 1. The fraction of sp³-hybridized carbons (Fsp3) is 0.200. The van der Waals surface area contributed by atoms with E-state index in [-0.39, 0.29) is 22.5 Å². The topological polar surface area (TPSA) is 94.1 Å². The molecule has 3 rings (SSSR count). The summed E-state index contributed by atoms with van der Waals surface area (Å²) in [6.45, 7) is 2.52. The molecular formula is C20H21N5O2S. The molecule has 1 aromatic heterocycles. The molecule has 0 aliphatic carbocycles. The molecule has 1 amide bonds. The first kappa shape index (κ1) is 19.6. The largest absolute Gasteiger partial charge is 0.334 e. The van der Waals surface area contributed by atoms with Crippen molar-refractivity contribution in [2.75, 3.05) is 11.6 Å². The molecule has 0 unspecified atom stereocenters. The van der Waals surface area contributed by atoms with E-state index in [0.717, 1.165) is 27.6 Å². The standard InChI is InChI=1S/C20H21N5O2S/c1-15-19(27)25(21)20(23-22-15)28-14-18(26)24(12-16-8-4-2-5-9-16)13-17-10-6-3-7-11-17/h2-11H,12-14,21H2,1H3. The van der Waals surface area contributed by atoms with Gasteiger partial charge in [-0.3, -0.25) is 9.59 Å². The number of carbonyl (C=O) groups excluding carboxylic acids is 1. The second-order valence-corrected chi connectivity index (χ2v) is 7.20. The average molecular weight is 395 g/mol. The van der Waals surface area contributed by atoms with Gasteiger partial charge in [-0.2, -0.15) is 4.68 Å². The second kappa shape index (κ2) is 9.18. The van der Waals surface area contributed by atoms with E-state index in [9.17, 15) is 9.59 Å². The van der Waals surface area contributed by atoms with Crippen LogP contribution >= 0.6 is 11.8 Å². The van der Waals surface area contributed by atoms with Crippen LogP contribution < -0.4 is 11.4 Å². The van der Waals surface area contributed by atoms with Gasteiger partial charge in [0.1, 0.15) is 5.69 Å². The van der Waals surface area contributed by atoms with Crippen molar-refractivity contribution in [3.8, 4) is 0 Å². The Morgan fingerprint density at radius 2 is 1.54 bits per heavy atom. The molecule has 7 nitrogen and oxygen atoms in total. The molecule has 144 valence electrons. The zero-order valence-electron chi connectivity index (χ0n) is 15.5. The summed E-state index contributed by atoms with van der Waals surface area (Å²) in [7, 11) is 0. The van der Waals surface area contributed by atoms with Crippen molar-refractivity contribution >= 4 is 17.7 Å². The van der Waals surface area contributed by atoms with Gasteiger partial charge in [0.15, 0.2) is 0 Å². The van der Waals surface area contributed by atoms with Crippen LogP contribution in [0.5, 0.6) is 0 Å². The zero-order chi connectivity index (χ0) is 19.9. The van der Waals surface area contributed by atoms with Gasteiger partial charge in [-0.25, -0.2) is 0 Å². The highest BCUT2D eigenvalue weighted by Gasteiger charge is 2.17. The van der Waals surface area contributed by atoms with E-state index in [1.165, 1.54) is 0 Å². The molecule has 2 N–H and O–H groups in total. The quantitative estimate of drug-likeness (QED) is 0.486. The van der Waals surface area contributed by atoms with Crippen molar-refractivity contribution in [1.82, 2.24) is 19.8 Å². The molecule has 0 fully saturated rings. The summed E-state index contributed by atoms with van der Waals surface area (Å²) < 4.78 is 0.930. The Morgan fingerprint density at radius 1 is 1.00 bits per heavy atom. The minimum atomic E-state index is -0.421. The maximum absolute atomic E-state index is 12.9. The lowest BCUT2D eigenvalue weighted by molar-refractivity contribution is -0.129. The Morgan fingerprint density at radius 3 is 2.07 bits per heavy atom. The molecule has 0 aliphatic heterocycles. The first-order chi connectivity index (χ1) is 13.5. The molecule has 0 atom stereocenters. The summed E-state index contributed by atoms with van der Waals surface area (Å²) in [6.07, 6.45) is 0. The van der Waals surface area contributed by atoms with E-state index in [4.69, 9.17) is 5.84 Å². The molecule has 8 heteroatoms. The molecule has 3 aromatic rings. The van der Waals surface area contributed by atoms with E-state index in [1.807, 2.05) is 60.7 Å². The van der Waals surface area contributed by atoms with Crippen molar-refractivity contribution < 1.29 is 4.79 Å². The maximum atomic E-state index is 12.9. The SMILES string of the molecule is Cc1nnc(SCC(=O)N(Cc2ccccc2)Cc2ccccc2)n(N)c1=O. The minimum absolute atomic E-state index is 0.0764. The van der Waals surface area contributed by atoms with Crippen molar-refractivity contribution in [2.45, 2.75) is 25.2 Å². The fourth-order valence-electron chi connectivity index (χ4n) is 2.63. The first-order valence-electron chi connectivity index (χ1n) is 8.74. The van der Waals surface area contributed by atoms with Gasteiger partial charge in [-0.15, -0.1) is 10.2 Å². The third-order valence-electron chi connectivity index (χ3n) is 4.13. The Kier molecular flexibility index (Phi) is 6.44. The van der Waals surface area contributed by atoms with Crippen LogP contribution in [0.2, 0.25) is 0 Å². The lowest BCUT2D eigenvalue weighted by atomic mass is 10.1. The van der Waals surface area contributed by atoms with Gasteiger partial charge >= 0.3 is 0 Å². The fourth-order valence-corrected chi connectivity index (χ4v) is 3.38. The van der Waals surface area contributed by atoms with Crippen LogP contribution in [-0.4, -0.2) is 31.4 Å². The third-order valence-corrected chi connectivity index (χ3v) is 5.06. The Labute approximate surface area is 167 Å². The highest BCUT2D eigenvalue weighted by molar-refractivity contribution is 7.99. The zero-order valence-corrected chi connectivity index (χ0v) is 16.3. The number of hydrogen-bond donors (Lipinski definition) is 1. The van der Waals surface area contributed by atoms with Crippen molar-refractivity contribution in [3.63, 3.8) is 0 Å². The molecule has 0 spiro atoms. The highest BCUT2D eigenvalue weighted by Crippen LogP contribution is 2.16. The molecule has 0 bridgehead atoms. The van der Waals surface area contributed by atoms with Gasteiger partial charge < -0.3 is 10.7 Å². The number of nitrogens with zero attached hydrogens (tertiary/aromatic N) is 4. The number of aromatic nitrogens is 3. The smallest absolute Gasteiger partial charge is 0.294 e. The van der Waals surface area contributed by atoms with Crippen LogP contribution in [0.1, 0.15) is 16.8 Å². The van der Waals surface area contributed by atoms with Crippen LogP contribution in [0.4, 0.5) is 0 Å². The Bertz CT molecular complexity index is 951. The van der Waals surface area contributed by atoms with E-state index >= 15 is 0 Å². The van der Waals surface area contributed by atoms with E-state index < -0.39 is 5.56 Å². The number of amides is 1. The maximum Gasteiger partial charge on any atom is 0.294 e. The van der Waals surface area contributed by atoms with E-state index in [1.54, 1.807) is 11.8 Å². The number of hydrogen-bond acceptors (Lipinski definition) is 6. The molecule has 0 radical (unpaired) electrons. The van der Waals surface area contributed by atoms with Crippen molar-refractivity contribution in [2.24, 2.45) is 0 Å². The minimum Gasteiger partial charge on any atom is -0.334 e. The third kappa shape index (κ3) is 4.98. The Balaban J connectivity index is 1.74. The normalized spacial score (nSPS) is 10.6. The van der Waals surface area contributed by atoms with Crippen molar-refractivity contribution in [3.05, 3.63) is 87.8 Å². The number of benzene rings is 2. The molecule has 0 saturated carbocycles. The summed E-state index contributed by atoms with van der Waals surface area (Å²) in [5.41, 5.74) is 1.88. The Hall–Kier alpha value is -3.13. The number of thioether (sulfide) groups is 1. The second-order valence-electron chi connectivity index (χ2n) is 6.25. The molecule has 0 aliphatic rings. The molecule has 1 heterocycles. The predicted molar refractivity (Wildman–Crippen MR) is 109 cm³/mol. The van der Waals surface area contributed by atoms with Gasteiger partial charge in [0, 0.05) is 13.1 Å². The van der Waals surface area contributed by atoms with Gasteiger partial charge in [0.05, 0.1) is 5.75 Å². The first-order valence-corrected chi connectivity index (χ1v) is 9.73. The van der Waals surface area contributed by atoms with Crippen LogP contribution in [0.3, 0.4) is 0 Å². The summed E-state index contributed by atoms with van der Waals surface area (Å²) in [5.74, 6) is 5.78. The van der Waals surface area contributed by atoms with Gasteiger partial charge in [0.25, 0.3) is 5.56 Å². The number of aryl methyl sites for hydroxylation is 1. The molecule has 2 aromatic carbocycles. The number of rotatable bonds is 7. The predicted octanol–water partition coefficient (Wildman–Crippen LogP) is 1.98. The van der Waals surface area contributed by atoms with Gasteiger partial charge in [-0.05, 0) is 18.1 Å². The highest BCUT2D eigenvalue weighted by atomic mass is 32.2. The van der Waals surface area contributed by atoms with Crippen LogP contribution in [0.25, 0.3) is 0 Å². The van der Waals surface area contributed by atoms with Crippen molar-refractivity contribution in [1.29, 1.82) is 0 Å². The number of nitrogens with two attached hydrogens (primary N) is 1. The van der Waals surface area contributed by atoms with Gasteiger partial charge in [-0.1, -0.05) is 72.4 Å². The monoisotopic (exact) mass is 395 g/mol. The average Bonchev–Trinajstić information content (AvgIpc) is 2.72. The van der Waals surface area contributed by atoms with Crippen LogP contribution in [0.15, 0.2) is 70.6 Å². The van der Waals surface area contributed by atoms with Crippen LogP contribution in [-0.2, 0) is 17.9 Å². The van der Waals surface area contributed by atoms with E-state index in [0.29, 0.717) is 13.1 Å². The lowest BCUT2D eigenvalue weighted by Crippen LogP contribution is -2.34. The molecular weight excluding hydrogens is 374 g/mol. The molecule has 28 heavy (non-hydrogen) atoms. The van der Waals surface area contributed by atoms with E-state index in [2.05, 4.69) is 10.2 Å². The van der Waals surface area contributed by atoms with Crippen LogP contribution in [0, 0.1) is 6.92 Å². The summed E-state index contributed by atoms with van der Waals surface area (Å²) in [5, 5.41) is 7.92. The summed E-state index contributed by atoms with van der Waals surface area (Å²) in [6, 6.07) is 19.6. The molecule has 0 saturated heterocycles. The van der Waals surface area contributed by atoms with Gasteiger partial charge in [0.2, 0.25) is 11.1 Å².